The summed E-state index contributed by atoms with van der Waals surface area (Å²) >= 11 is 3.43. The molecule has 0 radical (unpaired) electrons. The molecule has 0 spiro atoms. The minimum absolute atomic E-state index is 0.161. The lowest BCUT2D eigenvalue weighted by Crippen LogP contribution is -2.57. The summed E-state index contributed by atoms with van der Waals surface area (Å²) in [6, 6.07) is 4.39. The Labute approximate surface area is 224 Å². The number of unbranched alkanes of at least 4 members (excludes halogenated alkanes) is 7. The summed E-state index contributed by atoms with van der Waals surface area (Å²) in [7, 11) is 0. The average molecular weight is 568 g/mol. The molecule has 1 heterocycles. The number of esters is 1. The number of nitrogens with one attached hydrogen (secondary N) is 1. The summed E-state index contributed by atoms with van der Waals surface area (Å²) in [5, 5.41) is 2.77. The van der Waals surface area contributed by atoms with Crippen molar-refractivity contribution in [3.05, 3.63) is 28.2 Å². The molecule has 36 heavy (non-hydrogen) atoms. The Balaban J connectivity index is 1.92. The zero-order chi connectivity index (χ0) is 26.3. The highest BCUT2D eigenvalue weighted by Crippen LogP contribution is 2.27. The third-order valence-electron chi connectivity index (χ3n) is 6.34. The van der Waals surface area contributed by atoms with Gasteiger partial charge in [-0.15, -0.1) is 0 Å². The minimum atomic E-state index is -0.903. The van der Waals surface area contributed by atoms with Crippen LogP contribution in [0.5, 0.6) is 5.75 Å². The van der Waals surface area contributed by atoms with Gasteiger partial charge < -0.3 is 19.7 Å². The van der Waals surface area contributed by atoms with Crippen LogP contribution in [0.4, 0.5) is 0 Å². The summed E-state index contributed by atoms with van der Waals surface area (Å²) in [6.07, 6.45) is 9.98. The Morgan fingerprint density at radius 1 is 1.08 bits per heavy atom. The molecule has 0 aliphatic carbocycles. The van der Waals surface area contributed by atoms with Crippen LogP contribution in [0.25, 0.3) is 0 Å². The van der Waals surface area contributed by atoms with Crippen molar-refractivity contribution >= 4 is 33.7 Å². The predicted molar refractivity (Wildman–Crippen MR) is 145 cm³/mol. The molecule has 1 fully saturated rings. The summed E-state index contributed by atoms with van der Waals surface area (Å²) in [5.41, 5.74) is 0.375. The van der Waals surface area contributed by atoms with Crippen molar-refractivity contribution in [1.29, 1.82) is 0 Å². The quantitative estimate of drug-likeness (QED) is 0.199. The number of amides is 2. The highest BCUT2D eigenvalue weighted by Gasteiger charge is 2.36. The second kappa shape index (κ2) is 16.6. The second-order valence-corrected chi connectivity index (χ2v) is 10.8. The fraction of sp³-hybridized carbons (Fsp3) is 0.679. The zero-order valence-electron chi connectivity index (χ0n) is 22.2. The van der Waals surface area contributed by atoms with Crippen molar-refractivity contribution in [3.8, 4) is 5.75 Å². The van der Waals surface area contributed by atoms with Gasteiger partial charge in [-0.3, -0.25) is 14.4 Å². The van der Waals surface area contributed by atoms with Crippen LogP contribution in [-0.4, -0.2) is 55.0 Å². The fourth-order valence-corrected chi connectivity index (χ4v) is 4.52. The third-order valence-corrected chi connectivity index (χ3v) is 6.83. The van der Waals surface area contributed by atoms with Crippen molar-refractivity contribution in [2.75, 3.05) is 26.3 Å². The molecule has 1 atom stereocenters. The topological polar surface area (TPSA) is 84.9 Å². The number of ether oxygens (including phenoxy) is 2. The van der Waals surface area contributed by atoms with Crippen molar-refractivity contribution in [2.45, 2.75) is 91.0 Å². The van der Waals surface area contributed by atoms with Crippen LogP contribution in [-0.2, 0) is 14.3 Å². The lowest BCUT2D eigenvalue weighted by molar-refractivity contribution is -0.147. The number of hydrogen-bond acceptors (Lipinski definition) is 5. The van der Waals surface area contributed by atoms with Crippen molar-refractivity contribution < 1.29 is 23.9 Å². The number of piperazine rings is 1. The van der Waals surface area contributed by atoms with E-state index in [2.05, 4.69) is 42.0 Å². The summed E-state index contributed by atoms with van der Waals surface area (Å²) in [6.45, 7) is 7.93. The molecule has 2 amide bonds. The van der Waals surface area contributed by atoms with Gasteiger partial charge in [0.25, 0.3) is 5.91 Å². The highest BCUT2D eigenvalue weighted by atomic mass is 79.9. The Morgan fingerprint density at radius 3 is 2.47 bits per heavy atom. The van der Waals surface area contributed by atoms with Gasteiger partial charge in [0.1, 0.15) is 11.8 Å². The van der Waals surface area contributed by atoms with Crippen LogP contribution in [0, 0.1) is 5.92 Å². The normalized spacial score (nSPS) is 15.6. The first-order valence-electron chi connectivity index (χ1n) is 13.5. The Morgan fingerprint density at radius 2 is 1.78 bits per heavy atom. The van der Waals surface area contributed by atoms with Crippen LogP contribution >= 0.6 is 15.9 Å². The number of carbonyl (C=O) groups is 3. The van der Waals surface area contributed by atoms with Crippen molar-refractivity contribution in [3.63, 3.8) is 0 Å². The number of nitrogens with zero attached hydrogens (tertiary/aromatic N) is 1. The van der Waals surface area contributed by atoms with E-state index in [1.807, 2.05) is 6.07 Å². The molecule has 1 aliphatic heterocycles. The third kappa shape index (κ3) is 10.5. The summed E-state index contributed by atoms with van der Waals surface area (Å²) < 4.78 is 12.1. The minimum Gasteiger partial charge on any atom is -0.493 e. The average Bonchev–Trinajstić information content (AvgIpc) is 2.84. The van der Waals surface area contributed by atoms with E-state index in [4.69, 9.17) is 9.47 Å². The Kier molecular flexibility index (Phi) is 13.9. The van der Waals surface area contributed by atoms with E-state index in [-0.39, 0.29) is 18.2 Å². The first kappa shape index (κ1) is 30.1. The zero-order valence-corrected chi connectivity index (χ0v) is 23.7. The SMILES string of the molecule is CCCCCCCCCCOC(=O)CC1C(=O)NCCN1C(=O)c1cc(Br)ccc1OCCC(C)C. The molecule has 2 rings (SSSR count). The molecule has 202 valence electrons. The van der Waals surface area contributed by atoms with E-state index in [0.717, 1.165) is 30.2 Å². The van der Waals surface area contributed by atoms with Gasteiger partial charge in [-0.1, -0.05) is 81.6 Å². The maximum atomic E-state index is 13.5. The van der Waals surface area contributed by atoms with Crippen molar-refractivity contribution in [2.24, 2.45) is 5.92 Å². The van der Waals surface area contributed by atoms with E-state index in [1.54, 1.807) is 12.1 Å². The molecule has 8 heteroatoms. The van der Waals surface area contributed by atoms with Crippen LogP contribution in [0.15, 0.2) is 22.7 Å². The van der Waals surface area contributed by atoms with Crippen LogP contribution < -0.4 is 10.1 Å². The maximum absolute atomic E-state index is 13.5. The van der Waals surface area contributed by atoms with Gasteiger partial charge in [-0.05, 0) is 37.0 Å². The Hall–Kier alpha value is -2.09. The fourth-order valence-electron chi connectivity index (χ4n) is 4.15. The molecule has 1 unspecified atom stereocenters. The van der Waals surface area contributed by atoms with E-state index >= 15 is 0 Å². The molecule has 1 N–H and O–H groups in total. The van der Waals surface area contributed by atoms with Gasteiger partial charge in [0, 0.05) is 17.6 Å². The lowest BCUT2D eigenvalue weighted by atomic mass is 10.1. The van der Waals surface area contributed by atoms with E-state index in [9.17, 15) is 14.4 Å². The number of benzene rings is 1. The maximum Gasteiger partial charge on any atom is 0.308 e. The molecule has 1 saturated heterocycles. The first-order valence-corrected chi connectivity index (χ1v) is 14.3. The highest BCUT2D eigenvalue weighted by molar-refractivity contribution is 9.10. The smallest absolute Gasteiger partial charge is 0.308 e. The van der Waals surface area contributed by atoms with Crippen LogP contribution in [0.1, 0.15) is 95.3 Å². The predicted octanol–water partition coefficient (Wildman–Crippen LogP) is 5.89. The first-order chi connectivity index (χ1) is 17.3. The number of hydrogen-bond donors (Lipinski definition) is 1. The molecule has 0 aromatic heterocycles. The molecular weight excluding hydrogens is 524 g/mol. The van der Waals surface area contributed by atoms with Crippen LogP contribution in [0.3, 0.4) is 0 Å². The molecular formula is C28H43BrN2O5. The number of halogens is 1. The second-order valence-electron chi connectivity index (χ2n) is 9.88. The van der Waals surface area contributed by atoms with E-state index in [0.29, 0.717) is 43.5 Å². The van der Waals surface area contributed by atoms with Crippen molar-refractivity contribution in [1.82, 2.24) is 10.2 Å². The van der Waals surface area contributed by atoms with E-state index < -0.39 is 12.0 Å². The standard InChI is InChI=1S/C28H43BrN2O5/c1-4-5-6-7-8-9-10-11-17-36-26(32)20-24-27(33)30-15-16-31(24)28(34)23-19-22(29)12-13-25(23)35-18-14-21(2)3/h12-13,19,21,24H,4-11,14-18,20H2,1-3H3,(H,30,33). The summed E-state index contributed by atoms with van der Waals surface area (Å²) in [4.78, 5) is 40.2. The van der Waals surface area contributed by atoms with Gasteiger partial charge >= 0.3 is 5.97 Å². The van der Waals surface area contributed by atoms with Gasteiger partial charge in [0.2, 0.25) is 5.91 Å². The van der Waals surface area contributed by atoms with Crippen LogP contribution in [0.2, 0.25) is 0 Å². The van der Waals surface area contributed by atoms with E-state index in [1.165, 1.54) is 37.0 Å². The summed E-state index contributed by atoms with van der Waals surface area (Å²) in [5.74, 6) is -0.166. The largest absolute Gasteiger partial charge is 0.493 e. The van der Waals surface area contributed by atoms with Gasteiger partial charge in [-0.2, -0.15) is 0 Å². The Bertz CT molecular complexity index is 845. The lowest BCUT2D eigenvalue weighted by Gasteiger charge is -2.35. The molecule has 7 nitrogen and oxygen atoms in total. The molecule has 0 bridgehead atoms. The van der Waals surface area contributed by atoms with Gasteiger partial charge in [-0.25, -0.2) is 0 Å². The van der Waals surface area contributed by atoms with Gasteiger partial charge in [0.15, 0.2) is 0 Å². The molecule has 0 saturated carbocycles. The molecule has 1 aromatic rings. The molecule has 1 aromatic carbocycles. The van der Waals surface area contributed by atoms with Gasteiger partial charge in [0.05, 0.1) is 25.2 Å². The monoisotopic (exact) mass is 566 g/mol. The number of carbonyl (C=O) groups excluding carboxylic acids is 3. The number of rotatable bonds is 16. The molecule has 1 aliphatic rings.